The molecule has 0 bridgehead atoms. The Morgan fingerprint density at radius 1 is 0.930 bits per heavy atom. The number of carbonyl (C=O) groups is 2. The number of thiazole rings is 1. The van der Waals surface area contributed by atoms with Crippen LogP contribution in [0.1, 0.15) is 61.7 Å². The molecule has 2 amide bonds. The van der Waals surface area contributed by atoms with Crippen LogP contribution in [0.5, 0.6) is 0 Å². The number of β-amino-alcohol motifs (C(OH)–C–C–N with tert-alkyl or cyclic N) is 1. The summed E-state index contributed by atoms with van der Waals surface area (Å²) in [4.78, 5) is 34.7. The van der Waals surface area contributed by atoms with Crippen LogP contribution in [0.15, 0.2) is 95.0 Å². The number of halogens is 3. The number of anilines is 1. The third-order valence-electron chi connectivity index (χ3n) is 10.2. The van der Waals surface area contributed by atoms with Crippen LogP contribution in [0.4, 0.5) is 19.0 Å². The van der Waals surface area contributed by atoms with Gasteiger partial charge >= 0.3 is 6.18 Å². The highest BCUT2D eigenvalue weighted by Crippen LogP contribution is 2.39. The lowest BCUT2D eigenvalue weighted by Crippen LogP contribution is -2.48. The van der Waals surface area contributed by atoms with Gasteiger partial charge in [0.1, 0.15) is 23.4 Å². The lowest BCUT2D eigenvalue weighted by atomic mass is 9.91. The highest BCUT2D eigenvalue weighted by atomic mass is 32.1. The van der Waals surface area contributed by atoms with Gasteiger partial charge in [0.15, 0.2) is 5.82 Å². The fourth-order valence-corrected chi connectivity index (χ4v) is 8.04. The first-order valence-corrected chi connectivity index (χ1v) is 19.2. The average molecular weight is 796 g/mol. The molecule has 1 unspecified atom stereocenters. The molecule has 4 heterocycles. The summed E-state index contributed by atoms with van der Waals surface area (Å²) in [5.41, 5.74) is 12.0. The maximum atomic E-state index is 14.2. The second-order valence-corrected chi connectivity index (χ2v) is 15.4. The van der Waals surface area contributed by atoms with Crippen molar-refractivity contribution in [2.24, 2.45) is 5.92 Å². The number of benzene rings is 3. The van der Waals surface area contributed by atoms with Gasteiger partial charge in [-0.15, -0.1) is 21.5 Å². The zero-order valence-corrected chi connectivity index (χ0v) is 32.3. The molecule has 4 atom stereocenters. The third kappa shape index (κ3) is 8.16. The normalized spacial score (nSPS) is 16.8. The van der Waals surface area contributed by atoms with Gasteiger partial charge in [-0.25, -0.2) is 4.98 Å². The second-order valence-electron chi connectivity index (χ2n) is 14.5. The van der Waals surface area contributed by atoms with Gasteiger partial charge in [-0.3, -0.25) is 9.59 Å². The van der Waals surface area contributed by atoms with E-state index in [1.54, 1.807) is 41.7 Å². The Morgan fingerprint density at radius 2 is 1.61 bits per heavy atom. The zero-order chi connectivity index (χ0) is 40.6. The molecule has 57 heavy (non-hydrogen) atoms. The quantitative estimate of drug-likeness (QED) is 0.125. The standard InChI is InChI=1S/C42H40F3N7O4S/c1-22(2)37(41(55)52-20-29(53)17-35(52)40(54)48-23(3)25-9-15-28(16-10-25)38-24(4)47-21-57-38)36-19-33(51-56-36)27-13-11-26(12-14-27)31-18-34(49-50-39(31)46)30-7-5-6-8-32(30)42(43,44)45/h5-16,18-19,21-23,29,35,37,53H,17,20H2,1-4H3,(H2,46,50)(H,48,54)/t23-,29+,35-,37?/m0/s1. The summed E-state index contributed by atoms with van der Waals surface area (Å²) in [7, 11) is 0. The molecule has 1 fully saturated rings. The Kier molecular flexibility index (Phi) is 11.0. The van der Waals surface area contributed by atoms with Crippen molar-refractivity contribution < 1.29 is 32.4 Å². The van der Waals surface area contributed by atoms with Crippen molar-refractivity contribution in [1.29, 1.82) is 0 Å². The van der Waals surface area contributed by atoms with Gasteiger partial charge in [0.05, 0.1) is 39.5 Å². The van der Waals surface area contributed by atoms with Crippen molar-refractivity contribution in [3.63, 3.8) is 0 Å². The number of aryl methyl sites for hydroxylation is 1. The smallest absolute Gasteiger partial charge is 0.391 e. The van der Waals surface area contributed by atoms with Gasteiger partial charge in [-0.05, 0) is 48.6 Å². The number of alkyl halides is 3. The number of aliphatic hydroxyl groups is 1. The summed E-state index contributed by atoms with van der Waals surface area (Å²) in [6, 6.07) is 21.9. The van der Waals surface area contributed by atoms with Crippen molar-refractivity contribution in [2.75, 3.05) is 12.3 Å². The molecule has 294 valence electrons. The number of aliphatic hydroxyl groups excluding tert-OH is 1. The number of aromatic nitrogens is 4. The summed E-state index contributed by atoms with van der Waals surface area (Å²) in [5, 5.41) is 25.8. The van der Waals surface area contributed by atoms with Crippen LogP contribution in [-0.4, -0.2) is 60.8 Å². The number of hydrogen-bond acceptors (Lipinski definition) is 10. The van der Waals surface area contributed by atoms with E-state index in [9.17, 15) is 27.9 Å². The van der Waals surface area contributed by atoms with Gasteiger partial charge in [0.2, 0.25) is 11.8 Å². The topological polar surface area (TPSA) is 160 Å². The van der Waals surface area contributed by atoms with Crippen LogP contribution in [-0.2, 0) is 15.8 Å². The highest BCUT2D eigenvalue weighted by Gasteiger charge is 2.43. The highest BCUT2D eigenvalue weighted by molar-refractivity contribution is 7.13. The first kappa shape index (κ1) is 39.3. The molecule has 11 nitrogen and oxygen atoms in total. The number of carbonyl (C=O) groups excluding carboxylic acids is 2. The average Bonchev–Trinajstić information content (AvgIpc) is 3.95. The number of amides is 2. The summed E-state index contributed by atoms with van der Waals surface area (Å²) in [6.07, 6.45) is -5.36. The number of likely N-dealkylation sites (tertiary alicyclic amines) is 1. The van der Waals surface area contributed by atoms with E-state index >= 15 is 0 Å². The van der Waals surface area contributed by atoms with Gasteiger partial charge in [-0.1, -0.05) is 85.7 Å². The van der Waals surface area contributed by atoms with Crippen molar-refractivity contribution in [2.45, 2.75) is 64.4 Å². The predicted molar refractivity (Wildman–Crippen MR) is 210 cm³/mol. The van der Waals surface area contributed by atoms with E-state index in [1.165, 1.54) is 29.2 Å². The molecule has 3 aromatic carbocycles. The molecule has 4 N–H and O–H groups in total. The van der Waals surface area contributed by atoms with E-state index < -0.39 is 29.8 Å². The first-order valence-electron chi connectivity index (χ1n) is 18.4. The maximum Gasteiger partial charge on any atom is 0.417 e. The fraction of sp³-hybridized carbons (Fsp3) is 0.286. The number of rotatable bonds is 10. The molecular formula is C42H40F3N7O4S. The molecule has 0 spiro atoms. The van der Waals surface area contributed by atoms with Gasteiger partial charge < -0.3 is 25.6 Å². The minimum atomic E-state index is -4.58. The van der Waals surface area contributed by atoms with Crippen LogP contribution in [0.3, 0.4) is 0 Å². The van der Waals surface area contributed by atoms with Crippen LogP contribution >= 0.6 is 11.3 Å². The van der Waals surface area contributed by atoms with E-state index in [2.05, 4.69) is 25.7 Å². The lowest BCUT2D eigenvalue weighted by molar-refractivity contribution is -0.141. The minimum Gasteiger partial charge on any atom is -0.391 e. The maximum absolute atomic E-state index is 14.2. The number of nitrogens with two attached hydrogens (primary N) is 1. The van der Waals surface area contributed by atoms with E-state index in [0.717, 1.165) is 27.8 Å². The lowest BCUT2D eigenvalue weighted by Gasteiger charge is -2.29. The largest absolute Gasteiger partial charge is 0.417 e. The molecule has 1 aliphatic rings. The molecule has 15 heteroatoms. The van der Waals surface area contributed by atoms with Crippen molar-refractivity contribution >= 4 is 29.0 Å². The molecular weight excluding hydrogens is 756 g/mol. The summed E-state index contributed by atoms with van der Waals surface area (Å²) in [5.74, 6) is -1.43. The fourth-order valence-electron chi connectivity index (χ4n) is 7.23. The first-order chi connectivity index (χ1) is 27.2. The molecule has 6 aromatic rings. The Hall–Kier alpha value is -5.93. The summed E-state index contributed by atoms with van der Waals surface area (Å²) in [6.45, 7) is 7.57. The Morgan fingerprint density at radius 3 is 2.28 bits per heavy atom. The molecule has 0 radical (unpaired) electrons. The van der Waals surface area contributed by atoms with Crippen LogP contribution in [0.2, 0.25) is 0 Å². The van der Waals surface area contributed by atoms with E-state index in [-0.39, 0.29) is 53.8 Å². The SMILES string of the molecule is Cc1ncsc1-c1ccc([C@H](C)NC(=O)[C@@H]2C[C@@H](O)CN2C(=O)C(c2cc(-c3ccc(-c4cc(-c5ccccc5C(F)(F)F)nnc4N)cc3)no2)C(C)C)cc1. The van der Waals surface area contributed by atoms with E-state index in [1.807, 2.05) is 57.5 Å². The Labute approximate surface area is 330 Å². The van der Waals surface area contributed by atoms with Gasteiger partial charge in [0.25, 0.3) is 0 Å². The van der Waals surface area contributed by atoms with Crippen LogP contribution in [0, 0.1) is 12.8 Å². The Balaban J connectivity index is 1.06. The van der Waals surface area contributed by atoms with Crippen molar-refractivity contribution in [3.05, 3.63) is 113 Å². The zero-order valence-electron chi connectivity index (χ0n) is 31.5. The van der Waals surface area contributed by atoms with Gasteiger partial charge in [0, 0.05) is 35.7 Å². The van der Waals surface area contributed by atoms with Crippen LogP contribution < -0.4 is 11.1 Å². The van der Waals surface area contributed by atoms with Crippen LogP contribution in [0.25, 0.3) is 44.1 Å². The molecule has 1 saturated heterocycles. The number of nitrogen functional groups attached to an aromatic ring is 1. The van der Waals surface area contributed by atoms with Crippen molar-refractivity contribution in [1.82, 2.24) is 30.6 Å². The summed E-state index contributed by atoms with van der Waals surface area (Å²) < 4.78 is 47.0. The molecule has 0 saturated carbocycles. The second kappa shape index (κ2) is 15.9. The van der Waals surface area contributed by atoms with Gasteiger partial charge in [-0.2, -0.15) is 13.2 Å². The molecule has 1 aliphatic heterocycles. The summed E-state index contributed by atoms with van der Waals surface area (Å²) >= 11 is 1.57. The number of hydrogen-bond donors (Lipinski definition) is 3. The molecule has 3 aromatic heterocycles. The molecule has 7 rings (SSSR count). The number of nitrogens with one attached hydrogen (secondary N) is 1. The third-order valence-corrected chi connectivity index (χ3v) is 11.2. The van der Waals surface area contributed by atoms with E-state index in [0.29, 0.717) is 28.1 Å². The molecule has 0 aliphatic carbocycles. The number of nitrogens with zero attached hydrogens (tertiary/aromatic N) is 5. The van der Waals surface area contributed by atoms with Crippen molar-refractivity contribution in [3.8, 4) is 44.1 Å². The minimum absolute atomic E-state index is 0.00360. The van der Waals surface area contributed by atoms with E-state index in [4.69, 9.17) is 10.3 Å². The predicted octanol–water partition coefficient (Wildman–Crippen LogP) is 8.08. The monoisotopic (exact) mass is 795 g/mol. The Bertz CT molecular complexity index is 2400.